The summed E-state index contributed by atoms with van der Waals surface area (Å²) in [5.41, 5.74) is 0.785. The van der Waals surface area contributed by atoms with Gasteiger partial charge in [-0.25, -0.2) is 0 Å². The monoisotopic (exact) mass is 250 g/mol. The van der Waals surface area contributed by atoms with Gasteiger partial charge in [-0.15, -0.1) is 0 Å². The number of hydrogen-bond donors (Lipinski definition) is 0. The van der Waals surface area contributed by atoms with Crippen LogP contribution in [-0.4, -0.2) is 12.0 Å². The molecule has 0 unspecified atom stereocenters. The van der Waals surface area contributed by atoms with E-state index in [2.05, 4.69) is 0 Å². The van der Waals surface area contributed by atoms with Crippen molar-refractivity contribution in [3.8, 4) is 0 Å². The molecule has 0 saturated heterocycles. The lowest BCUT2D eigenvalue weighted by Gasteiger charge is -2.08. The molecule has 1 aromatic carbocycles. The minimum absolute atomic E-state index is 0.261. The van der Waals surface area contributed by atoms with Crippen molar-refractivity contribution in [1.29, 1.82) is 0 Å². The first-order chi connectivity index (χ1) is 7.31. The highest BCUT2D eigenvalue weighted by molar-refractivity contribution is 6.31. The van der Waals surface area contributed by atoms with Crippen molar-refractivity contribution in [2.45, 2.75) is 25.9 Å². The molecule has 16 heavy (non-hydrogen) atoms. The van der Waals surface area contributed by atoms with Gasteiger partial charge in [0.15, 0.2) is 5.78 Å². The van der Waals surface area contributed by atoms with E-state index in [-0.39, 0.29) is 5.56 Å². The van der Waals surface area contributed by atoms with Crippen molar-refractivity contribution in [3.05, 3.63) is 34.3 Å². The standard InChI is InChI=1S/C11H10ClF3O/c1-7-8(3-2-4-9(7)12)10(16)5-6-11(13,14)15/h2-4H,5-6H2,1H3. The fourth-order valence-corrected chi connectivity index (χ4v) is 1.47. The second-order valence-electron chi connectivity index (χ2n) is 3.45. The first-order valence-electron chi connectivity index (χ1n) is 4.66. The Hall–Kier alpha value is -1.03. The minimum Gasteiger partial charge on any atom is -0.294 e. The number of rotatable bonds is 3. The molecule has 0 fully saturated rings. The molecule has 0 aromatic heterocycles. The van der Waals surface area contributed by atoms with Crippen molar-refractivity contribution in [2.24, 2.45) is 0 Å². The van der Waals surface area contributed by atoms with Crippen LogP contribution in [0.4, 0.5) is 13.2 Å². The van der Waals surface area contributed by atoms with Crippen LogP contribution in [0.2, 0.25) is 5.02 Å². The van der Waals surface area contributed by atoms with E-state index in [1.54, 1.807) is 19.1 Å². The fraction of sp³-hybridized carbons (Fsp3) is 0.364. The number of ketones is 1. The third-order valence-corrected chi connectivity index (χ3v) is 2.61. The van der Waals surface area contributed by atoms with E-state index >= 15 is 0 Å². The van der Waals surface area contributed by atoms with E-state index in [9.17, 15) is 18.0 Å². The van der Waals surface area contributed by atoms with Crippen molar-refractivity contribution >= 4 is 17.4 Å². The molecule has 1 rings (SSSR count). The van der Waals surface area contributed by atoms with Gasteiger partial charge in [-0.3, -0.25) is 4.79 Å². The maximum Gasteiger partial charge on any atom is 0.389 e. The highest BCUT2D eigenvalue weighted by Gasteiger charge is 2.28. The molecular formula is C11H10ClF3O. The molecule has 0 aliphatic heterocycles. The van der Waals surface area contributed by atoms with Gasteiger partial charge in [0.2, 0.25) is 0 Å². The maximum atomic E-state index is 11.9. The predicted molar refractivity (Wildman–Crippen MR) is 55.8 cm³/mol. The summed E-state index contributed by atoms with van der Waals surface area (Å²) in [5.74, 6) is -0.530. The Morgan fingerprint density at radius 1 is 1.38 bits per heavy atom. The molecule has 5 heteroatoms. The summed E-state index contributed by atoms with van der Waals surface area (Å²) in [4.78, 5) is 11.5. The van der Waals surface area contributed by atoms with Crippen LogP contribution in [0, 0.1) is 6.92 Å². The van der Waals surface area contributed by atoms with Crippen LogP contribution in [0.3, 0.4) is 0 Å². The van der Waals surface area contributed by atoms with Gasteiger partial charge in [0, 0.05) is 17.0 Å². The van der Waals surface area contributed by atoms with Crippen LogP contribution in [0.25, 0.3) is 0 Å². The number of carbonyl (C=O) groups is 1. The minimum atomic E-state index is -4.30. The van der Waals surface area contributed by atoms with Gasteiger partial charge in [0.05, 0.1) is 6.42 Å². The van der Waals surface area contributed by atoms with E-state index in [1.807, 2.05) is 0 Å². The predicted octanol–water partition coefficient (Wildman–Crippen LogP) is 4.17. The molecule has 88 valence electrons. The lowest BCUT2D eigenvalue weighted by atomic mass is 10.0. The van der Waals surface area contributed by atoms with Gasteiger partial charge in [-0.05, 0) is 18.6 Å². The van der Waals surface area contributed by atoms with Gasteiger partial charge in [0.25, 0.3) is 0 Å². The molecule has 0 aliphatic rings. The molecule has 0 atom stereocenters. The Kier molecular flexibility index (Phi) is 3.97. The molecule has 0 heterocycles. The lowest BCUT2D eigenvalue weighted by molar-refractivity contribution is -0.133. The first kappa shape index (κ1) is 13.0. The average molecular weight is 251 g/mol. The average Bonchev–Trinajstić information content (AvgIpc) is 2.17. The topological polar surface area (TPSA) is 17.1 Å². The molecule has 0 radical (unpaired) electrons. The highest BCUT2D eigenvalue weighted by atomic mass is 35.5. The van der Waals surface area contributed by atoms with Gasteiger partial charge >= 0.3 is 6.18 Å². The summed E-state index contributed by atoms with van der Waals surface area (Å²) in [6.07, 6.45) is -5.94. The largest absolute Gasteiger partial charge is 0.389 e. The van der Waals surface area contributed by atoms with E-state index in [0.29, 0.717) is 10.6 Å². The summed E-state index contributed by atoms with van der Waals surface area (Å²) in [7, 11) is 0. The number of carbonyl (C=O) groups excluding carboxylic acids is 1. The summed E-state index contributed by atoms with van der Waals surface area (Å²) in [6.45, 7) is 1.61. The van der Waals surface area contributed by atoms with Gasteiger partial charge < -0.3 is 0 Å². The summed E-state index contributed by atoms with van der Waals surface area (Å²) in [6, 6.07) is 4.63. The molecular weight excluding hydrogens is 241 g/mol. The number of benzene rings is 1. The summed E-state index contributed by atoms with van der Waals surface area (Å²) < 4.78 is 35.8. The zero-order valence-electron chi connectivity index (χ0n) is 8.57. The first-order valence-corrected chi connectivity index (χ1v) is 5.04. The highest BCUT2D eigenvalue weighted by Crippen LogP contribution is 2.25. The summed E-state index contributed by atoms with van der Waals surface area (Å²) in [5, 5.41) is 0.387. The van der Waals surface area contributed by atoms with Gasteiger partial charge in [-0.1, -0.05) is 23.7 Å². The Morgan fingerprint density at radius 3 is 2.56 bits per heavy atom. The third-order valence-electron chi connectivity index (χ3n) is 2.20. The van der Waals surface area contributed by atoms with Crippen LogP contribution in [0.5, 0.6) is 0 Å². The Bertz CT molecular complexity index is 399. The zero-order valence-corrected chi connectivity index (χ0v) is 9.32. The molecule has 0 spiro atoms. The van der Waals surface area contributed by atoms with Crippen LogP contribution in [0.15, 0.2) is 18.2 Å². The zero-order chi connectivity index (χ0) is 12.3. The van der Waals surface area contributed by atoms with Crippen LogP contribution in [0.1, 0.15) is 28.8 Å². The molecule has 0 amide bonds. The van der Waals surface area contributed by atoms with E-state index in [0.717, 1.165) is 0 Å². The number of alkyl halides is 3. The van der Waals surface area contributed by atoms with Crippen molar-refractivity contribution in [2.75, 3.05) is 0 Å². The van der Waals surface area contributed by atoms with Crippen molar-refractivity contribution < 1.29 is 18.0 Å². The van der Waals surface area contributed by atoms with Crippen LogP contribution < -0.4 is 0 Å². The van der Waals surface area contributed by atoms with E-state index in [4.69, 9.17) is 11.6 Å². The summed E-state index contributed by atoms with van der Waals surface area (Å²) >= 11 is 5.77. The van der Waals surface area contributed by atoms with E-state index < -0.39 is 24.8 Å². The number of hydrogen-bond acceptors (Lipinski definition) is 1. The molecule has 0 bridgehead atoms. The number of Topliss-reactive ketones (excluding diaryl/α,β-unsaturated/α-hetero) is 1. The third kappa shape index (κ3) is 3.52. The molecule has 0 N–H and O–H groups in total. The number of halogens is 4. The Labute approximate surface area is 96.2 Å². The Balaban J connectivity index is 2.78. The maximum absolute atomic E-state index is 11.9. The van der Waals surface area contributed by atoms with E-state index in [1.165, 1.54) is 6.07 Å². The normalized spacial score (nSPS) is 11.6. The van der Waals surface area contributed by atoms with Gasteiger partial charge in [-0.2, -0.15) is 13.2 Å². The lowest BCUT2D eigenvalue weighted by Crippen LogP contribution is -2.11. The fourth-order valence-electron chi connectivity index (χ4n) is 1.30. The molecule has 1 nitrogen and oxygen atoms in total. The molecule has 0 saturated carbocycles. The smallest absolute Gasteiger partial charge is 0.294 e. The van der Waals surface area contributed by atoms with Crippen molar-refractivity contribution in [1.82, 2.24) is 0 Å². The van der Waals surface area contributed by atoms with Crippen LogP contribution >= 0.6 is 11.6 Å². The second-order valence-corrected chi connectivity index (χ2v) is 3.86. The van der Waals surface area contributed by atoms with Gasteiger partial charge in [0.1, 0.15) is 0 Å². The van der Waals surface area contributed by atoms with Crippen molar-refractivity contribution in [3.63, 3.8) is 0 Å². The Morgan fingerprint density at radius 2 is 2.00 bits per heavy atom. The van der Waals surface area contributed by atoms with Crippen LogP contribution in [-0.2, 0) is 0 Å². The molecule has 0 aliphatic carbocycles. The SMILES string of the molecule is Cc1c(Cl)cccc1C(=O)CCC(F)(F)F. The molecule has 1 aromatic rings. The second kappa shape index (κ2) is 4.87. The quantitative estimate of drug-likeness (QED) is 0.736.